The maximum absolute atomic E-state index is 12.5. The molecule has 144 valence electrons. The number of aryl methyl sites for hydroxylation is 1. The third kappa shape index (κ3) is 4.63. The van der Waals surface area contributed by atoms with Gasteiger partial charge in [-0.15, -0.1) is 0 Å². The predicted octanol–water partition coefficient (Wildman–Crippen LogP) is 2.22. The Balaban J connectivity index is 1.62. The third-order valence-electron chi connectivity index (χ3n) is 5.18. The van der Waals surface area contributed by atoms with Crippen LogP contribution >= 0.6 is 0 Å². The highest BCUT2D eigenvalue weighted by molar-refractivity contribution is 5.92. The van der Waals surface area contributed by atoms with Crippen LogP contribution < -0.4 is 10.9 Å². The number of nitrogens with one attached hydrogen (secondary N) is 1. The summed E-state index contributed by atoms with van der Waals surface area (Å²) in [5, 5.41) is 7.19. The Morgan fingerprint density at radius 2 is 1.96 bits per heavy atom. The minimum atomic E-state index is -0.226. The highest BCUT2D eigenvalue weighted by Crippen LogP contribution is 2.21. The lowest BCUT2D eigenvalue weighted by Gasteiger charge is -2.35. The van der Waals surface area contributed by atoms with Gasteiger partial charge in [0.25, 0.3) is 11.5 Å². The molecule has 0 radical (unpaired) electrons. The lowest BCUT2D eigenvalue weighted by molar-refractivity contribution is 0.0918. The summed E-state index contributed by atoms with van der Waals surface area (Å²) in [4.78, 5) is 26.7. The first-order valence-electron chi connectivity index (χ1n) is 9.79. The van der Waals surface area contributed by atoms with Crippen molar-refractivity contribution in [2.75, 3.05) is 13.1 Å². The molecule has 0 bridgehead atoms. The molecule has 1 amide bonds. The molecule has 0 saturated carbocycles. The first-order valence-corrected chi connectivity index (χ1v) is 9.79. The quantitative estimate of drug-likeness (QED) is 0.814. The third-order valence-corrected chi connectivity index (χ3v) is 5.18. The lowest BCUT2D eigenvalue weighted by Crippen LogP contribution is -2.46. The first kappa shape index (κ1) is 19.3. The van der Waals surface area contributed by atoms with E-state index in [0.717, 1.165) is 32.4 Å². The second kappa shape index (κ2) is 8.95. The Morgan fingerprint density at radius 3 is 2.70 bits per heavy atom. The zero-order valence-corrected chi connectivity index (χ0v) is 16.1. The number of aromatic nitrogens is 2. The fourth-order valence-electron chi connectivity index (χ4n) is 3.60. The van der Waals surface area contributed by atoms with Crippen LogP contribution in [0.3, 0.4) is 0 Å². The summed E-state index contributed by atoms with van der Waals surface area (Å²) >= 11 is 0. The summed E-state index contributed by atoms with van der Waals surface area (Å²) in [5.41, 5.74) is 2.92. The van der Waals surface area contributed by atoms with E-state index in [4.69, 9.17) is 0 Å². The molecule has 1 N–H and O–H groups in total. The van der Waals surface area contributed by atoms with Gasteiger partial charge in [-0.3, -0.25) is 14.5 Å². The Bertz CT molecular complexity index is 846. The highest BCUT2D eigenvalue weighted by Gasteiger charge is 2.23. The maximum atomic E-state index is 12.5. The van der Waals surface area contributed by atoms with Crippen molar-refractivity contribution < 1.29 is 4.79 Å². The normalized spacial score (nSPS) is 15.2. The summed E-state index contributed by atoms with van der Waals surface area (Å²) in [6.45, 7) is 7.15. The van der Waals surface area contributed by atoms with E-state index in [1.807, 2.05) is 6.92 Å². The Kier molecular flexibility index (Phi) is 6.40. The van der Waals surface area contributed by atoms with Gasteiger partial charge in [-0.1, -0.05) is 38.1 Å². The molecular formula is C21H28N4O2. The van der Waals surface area contributed by atoms with Gasteiger partial charge in [0.2, 0.25) is 0 Å². The number of nitrogens with zero attached hydrogens (tertiary/aromatic N) is 3. The molecule has 1 atom stereocenters. The van der Waals surface area contributed by atoms with Crippen LogP contribution in [-0.2, 0) is 19.5 Å². The molecule has 3 rings (SSSR count). The molecule has 0 saturated heterocycles. The molecule has 1 aliphatic rings. The van der Waals surface area contributed by atoms with E-state index in [1.54, 1.807) is 0 Å². The van der Waals surface area contributed by atoms with Crippen molar-refractivity contribution in [1.82, 2.24) is 20.0 Å². The van der Waals surface area contributed by atoms with Crippen molar-refractivity contribution in [3.63, 3.8) is 0 Å². The smallest absolute Gasteiger partial charge is 0.271 e. The average Bonchev–Trinajstić information content (AvgIpc) is 2.70. The van der Waals surface area contributed by atoms with Gasteiger partial charge in [-0.2, -0.15) is 5.10 Å². The number of carbonyl (C=O) groups excluding carboxylic acids is 1. The fraction of sp³-hybridized carbons (Fsp3) is 0.476. The molecule has 6 nitrogen and oxygen atoms in total. The molecule has 2 aromatic rings. The van der Waals surface area contributed by atoms with E-state index in [0.29, 0.717) is 18.8 Å². The van der Waals surface area contributed by atoms with Crippen molar-refractivity contribution in [2.24, 2.45) is 0 Å². The SMILES string of the molecule is CCCn1nc(C(=O)NC[C@@H](CC)N2CCc3ccccc3C2)ccc1=O. The van der Waals surface area contributed by atoms with Gasteiger partial charge < -0.3 is 5.32 Å². The van der Waals surface area contributed by atoms with Crippen molar-refractivity contribution in [3.8, 4) is 0 Å². The van der Waals surface area contributed by atoms with E-state index >= 15 is 0 Å². The summed E-state index contributed by atoms with van der Waals surface area (Å²) in [7, 11) is 0. The first-order chi connectivity index (χ1) is 13.1. The predicted molar refractivity (Wildman–Crippen MR) is 106 cm³/mol. The highest BCUT2D eigenvalue weighted by atomic mass is 16.2. The number of amides is 1. The number of rotatable bonds is 7. The van der Waals surface area contributed by atoms with Crippen LogP contribution in [0.5, 0.6) is 0 Å². The molecule has 2 heterocycles. The van der Waals surface area contributed by atoms with Gasteiger partial charge in [0.1, 0.15) is 5.69 Å². The van der Waals surface area contributed by atoms with Gasteiger partial charge in [0.15, 0.2) is 0 Å². The molecule has 1 aliphatic heterocycles. The van der Waals surface area contributed by atoms with Crippen molar-refractivity contribution in [3.05, 3.63) is 63.6 Å². The Labute approximate surface area is 160 Å². The molecule has 6 heteroatoms. The molecule has 0 spiro atoms. The van der Waals surface area contributed by atoms with E-state index in [2.05, 4.69) is 46.5 Å². The van der Waals surface area contributed by atoms with Gasteiger partial charge in [-0.25, -0.2) is 4.68 Å². The zero-order valence-electron chi connectivity index (χ0n) is 16.1. The molecule has 0 unspecified atom stereocenters. The van der Waals surface area contributed by atoms with Gasteiger partial charge >= 0.3 is 0 Å². The second-order valence-corrected chi connectivity index (χ2v) is 7.04. The fourth-order valence-corrected chi connectivity index (χ4v) is 3.60. The van der Waals surface area contributed by atoms with Crippen LogP contribution in [0, 0.1) is 0 Å². The minimum Gasteiger partial charge on any atom is -0.349 e. The molecule has 27 heavy (non-hydrogen) atoms. The summed E-state index contributed by atoms with van der Waals surface area (Å²) in [6.07, 6.45) is 2.81. The molecular weight excluding hydrogens is 340 g/mol. The number of benzene rings is 1. The zero-order chi connectivity index (χ0) is 19.2. The summed E-state index contributed by atoms with van der Waals surface area (Å²) < 4.78 is 1.35. The molecule has 0 aliphatic carbocycles. The topological polar surface area (TPSA) is 67.2 Å². The number of carbonyl (C=O) groups is 1. The Morgan fingerprint density at radius 1 is 1.19 bits per heavy atom. The van der Waals surface area contributed by atoms with Gasteiger partial charge in [0.05, 0.1) is 0 Å². The second-order valence-electron chi connectivity index (χ2n) is 7.04. The van der Waals surface area contributed by atoms with E-state index in [1.165, 1.54) is 27.9 Å². The van der Waals surface area contributed by atoms with E-state index in [9.17, 15) is 9.59 Å². The van der Waals surface area contributed by atoms with Crippen molar-refractivity contribution in [1.29, 1.82) is 0 Å². The van der Waals surface area contributed by atoms with Crippen LogP contribution in [0.25, 0.3) is 0 Å². The standard InChI is InChI=1S/C21H28N4O2/c1-3-12-25-20(26)10-9-19(23-25)21(27)22-14-18(4-2)24-13-11-16-7-5-6-8-17(16)15-24/h5-10,18H,3-4,11-15H2,1-2H3,(H,22,27)/t18-/m1/s1. The van der Waals surface area contributed by atoms with Gasteiger partial charge in [-0.05, 0) is 36.5 Å². The minimum absolute atomic E-state index is 0.174. The number of hydrogen-bond donors (Lipinski definition) is 1. The average molecular weight is 368 g/mol. The number of hydrogen-bond acceptors (Lipinski definition) is 4. The monoisotopic (exact) mass is 368 g/mol. The molecule has 0 fully saturated rings. The summed E-state index contributed by atoms with van der Waals surface area (Å²) in [5.74, 6) is -0.226. The largest absolute Gasteiger partial charge is 0.349 e. The van der Waals surface area contributed by atoms with Crippen LogP contribution in [0.4, 0.5) is 0 Å². The summed E-state index contributed by atoms with van der Waals surface area (Å²) in [6, 6.07) is 11.8. The molecule has 1 aromatic heterocycles. The van der Waals surface area contributed by atoms with Crippen LogP contribution in [0.15, 0.2) is 41.2 Å². The van der Waals surface area contributed by atoms with Gasteiger partial charge in [0, 0.05) is 38.3 Å². The van der Waals surface area contributed by atoms with Crippen molar-refractivity contribution in [2.45, 2.75) is 52.2 Å². The lowest BCUT2D eigenvalue weighted by atomic mass is 9.98. The van der Waals surface area contributed by atoms with Crippen LogP contribution in [0.2, 0.25) is 0 Å². The van der Waals surface area contributed by atoms with E-state index in [-0.39, 0.29) is 17.5 Å². The van der Waals surface area contributed by atoms with Crippen LogP contribution in [-0.4, -0.2) is 39.7 Å². The van der Waals surface area contributed by atoms with Crippen molar-refractivity contribution >= 4 is 5.91 Å². The van der Waals surface area contributed by atoms with Crippen LogP contribution in [0.1, 0.15) is 48.3 Å². The maximum Gasteiger partial charge on any atom is 0.271 e. The molecule has 1 aromatic carbocycles. The number of fused-ring (bicyclic) bond motifs is 1. The van der Waals surface area contributed by atoms with E-state index < -0.39 is 0 Å². The Hall–Kier alpha value is -2.47.